The molecule has 0 aliphatic heterocycles. The highest BCUT2D eigenvalue weighted by molar-refractivity contribution is 6.30. The van der Waals surface area contributed by atoms with E-state index in [1.165, 1.54) is 0 Å². The number of aliphatic carboxylic acids is 1. The lowest BCUT2D eigenvalue weighted by Crippen LogP contribution is -2.08. The molecule has 0 saturated heterocycles. The van der Waals surface area contributed by atoms with Gasteiger partial charge in [0.05, 0.1) is 6.42 Å². The third-order valence-corrected chi connectivity index (χ3v) is 2.08. The van der Waals surface area contributed by atoms with Gasteiger partial charge >= 0.3 is 5.97 Å². The third-order valence-electron chi connectivity index (χ3n) is 1.84. The molecule has 3 nitrogen and oxygen atoms in total. The summed E-state index contributed by atoms with van der Waals surface area (Å²) in [6.45, 7) is 2.35. The molecule has 0 saturated carbocycles. The van der Waals surface area contributed by atoms with Crippen LogP contribution in [0.4, 0.5) is 5.69 Å². The highest BCUT2D eigenvalue weighted by Gasteiger charge is 2.00. The molecular formula is C10H12ClNO2. The van der Waals surface area contributed by atoms with Gasteiger partial charge in [-0.3, -0.25) is 4.79 Å². The Morgan fingerprint density at radius 2 is 2.29 bits per heavy atom. The number of carboxylic acid groups (broad SMARTS) is 1. The summed E-state index contributed by atoms with van der Waals surface area (Å²) in [6.07, 6.45) is 0.113. The summed E-state index contributed by atoms with van der Waals surface area (Å²) in [5, 5.41) is 12.2. The minimum absolute atomic E-state index is 0.113. The van der Waals surface area contributed by atoms with Gasteiger partial charge in [0.25, 0.3) is 0 Å². The van der Waals surface area contributed by atoms with Crippen molar-refractivity contribution in [2.45, 2.75) is 13.3 Å². The molecule has 14 heavy (non-hydrogen) atoms. The van der Waals surface area contributed by atoms with Crippen molar-refractivity contribution in [1.82, 2.24) is 0 Å². The number of hydrogen-bond donors (Lipinski definition) is 2. The maximum atomic E-state index is 10.3. The number of halogens is 1. The zero-order valence-electron chi connectivity index (χ0n) is 7.88. The first kappa shape index (κ1) is 10.9. The van der Waals surface area contributed by atoms with Crippen LogP contribution >= 0.6 is 11.6 Å². The summed E-state index contributed by atoms with van der Waals surface area (Å²) in [6, 6.07) is 5.46. The highest BCUT2D eigenvalue weighted by atomic mass is 35.5. The number of anilines is 1. The van der Waals surface area contributed by atoms with Crippen molar-refractivity contribution in [3.05, 3.63) is 28.8 Å². The molecule has 2 N–H and O–H groups in total. The number of rotatable bonds is 4. The number of carbonyl (C=O) groups is 1. The number of hydrogen-bond acceptors (Lipinski definition) is 2. The summed E-state index contributed by atoms with van der Waals surface area (Å²) in [5.41, 5.74) is 1.94. The zero-order chi connectivity index (χ0) is 10.6. The van der Waals surface area contributed by atoms with Crippen LogP contribution in [0.3, 0.4) is 0 Å². The van der Waals surface area contributed by atoms with E-state index >= 15 is 0 Å². The van der Waals surface area contributed by atoms with Gasteiger partial charge in [-0.25, -0.2) is 0 Å². The Hall–Kier alpha value is -1.22. The molecule has 1 aromatic rings. The molecule has 0 aromatic heterocycles. The van der Waals surface area contributed by atoms with Crippen LogP contribution < -0.4 is 5.32 Å². The molecule has 4 heteroatoms. The summed E-state index contributed by atoms with van der Waals surface area (Å²) in [5.74, 6) is -0.802. The topological polar surface area (TPSA) is 49.3 Å². The number of benzene rings is 1. The van der Waals surface area contributed by atoms with Crippen LogP contribution in [0.15, 0.2) is 18.2 Å². The minimum Gasteiger partial charge on any atom is -0.481 e. The Labute approximate surface area is 87.7 Å². The summed E-state index contributed by atoms with van der Waals surface area (Å²) in [4.78, 5) is 10.3. The highest BCUT2D eigenvalue weighted by Crippen LogP contribution is 2.19. The molecule has 1 rings (SSSR count). The standard InChI is InChI=1S/C10H12ClNO2/c1-7-6-8(11)2-3-9(7)12-5-4-10(13)14/h2-3,6,12H,4-5H2,1H3,(H,13,14). The molecule has 0 unspecified atom stereocenters. The van der Waals surface area contributed by atoms with E-state index in [0.29, 0.717) is 11.6 Å². The maximum absolute atomic E-state index is 10.3. The third kappa shape index (κ3) is 3.26. The SMILES string of the molecule is Cc1cc(Cl)ccc1NCCC(=O)O. The van der Waals surface area contributed by atoms with Gasteiger partial charge in [-0.05, 0) is 30.7 Å². The Kier molecular flexibility index (Phi) is 3.77. The van der Waals surface area contributed by atoms with Gasteiger partial charge in [0.1, 0.15) is 0 Å². The second-order valence-electron chi connectivity index (χ2n) is 3.03. The zero-order valence-corrected chi connectivity index (χ0v) is 8.64. The molecule has 1 aromatic carbocycles. The lowest BCUT2D eigenvalue weighted by molar-refractivity contribution is -0.136. The number of aryl methyl sites for hydroxylation is 1. The molecule has 0 spiro atoms. The van der Waals surface area contributed by atoms with E-state index < -0.39 is 5.97 Å². The van der Waals surface area contributed by atoms with Gasteiger partial charge in [0, 0.05) is 17.3 Å². The summed E-state index contributed by atoms with van der Waals surface area (Å²) in [7, 11) is 0. The molecule has 0 heterocycles. The van der Waals surface area contributed by atoms with Gasteiger partial charge in [-0.15, -0.1) is 0 Å². The smallest absolute Gasteiger partial charge is 0.305 e. The largest absolute Gasteiger partial charge is 0.481 e. The molecule has 0 fully saturated rings. The summed E-state index contributed by atoms with van der Waals surface area (Å²) >= 11 is 5.78. The van der Waals surface area contributed by atoms with Crippen molar-refractivity contribution in [2.24, 2.45) is 0 Å². The van der Waals surface area contributed by atoms with E-state index in [-0.39, 0.29) is 6.42 Å². The second kappa shape index (κ2) is 4.86. The van der Waals surface area contributed by atoms with Crippen molar-refractivity contribution in [1.29, 1.82) is 0 Å². The fraction of sp³-hybridized carbons (Fsp3) is 0.300. The van der Waals surface area contributed by atoms with Crippen LogP contribution in [0, 0.1) is 6.92 Å². The molecule has 76 valence electrons. The molecule has 0 atom stereocenters. The Bertz CT molecular complexity index is 339. The Morgan fingerprint density at radius 1 is 1.57 bits per heavy atom. The van der Waals surface area contributed by atoms with Crippen LogP contribution in [0.1, 0.15) is 12.0 Å². The monoisotopic (exact) mass is 213 g/mol. The lowest BCUT2D eigenvalue weighted by Gasteiger charge is -2.08. The first-order valence-corrected chi connectivity index (χ1v) is 4.69. The van der Waals surface area contributed by atoms with Gasteiger partial charge < -0.3 is 10.4 Å². The molecule has 0 aliphatic rings. The minimum atomic E-state index is -0.802. The molecule has 0 amide bonds. The van der Waals surface area contributed by atoms with E-state index in [4.69, 9.17) is 16.7 Å². The van der Waals surface area contributed by atoms with Crippen LogP contribution in [0.5, 0.6) is 0 Å². The Balaban J connectivity index is 2.55. The quantitative estimate of drug-likeness (QED) is 0.808. The van der Waals surface area contributed by atoms with E-state index in [9.17, 15) is 4.79 Å². The Morgan fingerprint density at radius 3 is 2.86 bits per heavy atom. The fourth-order valence-electron chi connectivity index (χ4n) is 1.13. The first-order valence-electron chi connectivity index (χ1n) is 4.31. The van der Waals surface area contributed by atoms with Crippen molar-refractivity contribution in [3.63, 3.8) is 0 Å². The number of carboxylic acids is 1. The van der Waals surface area contributed by atoms with Crippen LogP contribution in [0.25, 0.3) is 0 Å². The second-order valence-corrected chi connectivity index (χ2v) is 3.47. The van der Waals surface area contributed by atoms with E-state index in [1.54, 1.807) is 6.07 Å². The van der Waals surface area contributed by atoms with E-state index in [0.717, 1.165) is 11.3 Å². The molecule has 0 aliphatic carbocycles. The average Bonchev–Trinajstić information content (AvgIpc) is 2.08. The van der Waals surface area contributed by atoms with Crippen LogP contribution in [0.2, 0.25) is 5.02 Å². The van der Waals surface area contributed by atoms with Crippen molar-refractivity contribution in [2.75, 3.05) is 11.9 Å². The molecular weight excluding hydrogens is 202 g/mol. The van der Waals surface area contributed by atoms with Crippen molar-refractivity contribution in [3.8, 4) is 0 Å². The van der Waals surface area contributed by atoms with Gasteiger partial charge in [0.2, 0.25) is 0 Å². The average molecular weight is 214 g/mol. The predicted octanol–water partition coefficient (Wildman–Crippen LogP) is 2.54. The molecule has 0 bridgehead atoms. The van der Waals surface area contributed by atoms with Crippen LogP contribution in [-0.4, -0.2) is 17.6 Å². The summed E-state index contributed by atoms with van der Waals surface area (Å²) < 4.78 is 0. The molecule has 0 radical (unpaired) electrons. The maximum Gasteiger partial charge on any atom is 0.305 e. The van der Waals surface area contributed by atoms with E-state index in [2.05, 4.69) is 5.32 Å². The fourth-order valence-corrected chi connectivity index (χ4v) is 1.36. The van der Waals surface area contributed by atoms with Crippen molar-refractivity contribution < 1.29 is 9.90 Å². The van der Waals surface area contributed by atoms with Gasteiger partial charge in [0.15, 0.2) is 0 Å². The first-order chi connectivity index (χ1) is 6.59. The van der Waals surface area contributed by atoms with Crippen molar-refractivity contribution >= 4 is 23.3 Å². The lowest BCUT2D eigenvalue weighted by atomic mass is 10.2. The van der Waals surface area contributed by atoms with Gasteiger partial charge in [-0.2, -0.15) is 0 Å². The van der Waals surface area contributed by atoms with Gasteiger partial charge in [-0.1, -0.05) is 11.6 Å². The van der Waals surface area contributed by atoms with E-state index in [1.807, 2.05) is 19.1 Å². The van der Waals surface area contributed by atoms with Crippen LogP contribution in [-0.2, 0) is 4.79 Å². The normalized spacial score (nSPS) is 9.86. The predicted molar refractivity (Wildman–Crippen MR) is 56.9 cm³/mol. The number of nitrogens with one attached hydrogen (secondary N) is 1.